The quantitative estimate of drug-likeness (QED) is 0.763. The molecule has 0 saturated carbocycles. The van der Waals surface area contributed by atoms with Crippen LogP contribution >= 0.6 is 11.6 Å². The zero-order valence-corrected chi connectivity index (χ0v) is 14.8. The molecule has 2 aromatic heterocycles. The molecule has 1 aromatic carbocycles. The molecule has 0 aliphatic carbocycles. The van der Waals surface area contributed by atoms with Crippen LogP contribution < -0.4 is 0 Å². The van der Waals surface area contributed by atoms with Crippen molar-refractivity contribution in [3.8, 4) is 11.3 Å². The average Bonchev–Trinajstić information content (AvgIpc) is 3.01. The van der Waals surface area contributed by atoms with Gasteiger partial charge in [-0.1, -0.05) is 23.7 Å². The minimum absolute atomic E-state index is 0.237. The van der Waals surface area contributed by atoms with E-state index in [2.05, 4.69) is 4.90 Å². The predicted octanol–water partition coefficient (Wildman–Crippen LogP) is 3.19. The molecule has 1 aliphatic rings. The predicted molar refractivity (Wildman–Crippen MR) is 98.7 cm³/mol. The lowest BCUT2D eigenvalue weighted by atomic mass is 10.1. The minimum atomic E-state index is -0.953. The van der Waals surface area contributed by atoms with Gasteiger partial charge >= 0.3 is 5.97 Å². The SMILES string of the molecule is O=C(O)c1ccc2nc(-c3ccc(Cl)cc3)c(CN3CCOCC3)n2c1. The fraction of sp³-hybridized carbons (Fsp3) is 0.263. The van der Waals surface area contributed by atoms with E-state index in [-0.39, 0.29) is 5.56 Å². The number of hydrogen-bond donors (Lipinski definition) is 1. The van der Waals surface area contributed by atoms with Crippen molar-refractivity contribution < 1.29 is 14.6 Å². The fourth-order valence-corrected chi connectivity index (χ4v) is 3.31. The van der Waals surface area contributed by atoms with E-state index in [1.165, 1.54) is 0 Å². The van der Waals surface area contributed by atoms with Gasteiger partial charge in [0, 0.05) is 36.4 Å². The molecule has 26 heavy (non-hydrogen) atoms. The summed E-state index contributed by atoms with van der Waals surface area (Å²) in [5.74, 6) is -0.953. The number of ether oxygens (including phenoxy) is 1. The molecule has 0 unspecified atom stereocenters. The molecule has 1 fully saturated rings. The van der Waals surface area contributed by atoms with Gasteiger partial charge in [0.2, 0.25) is 0 Å². The summed E-state index contributed by atoms with van der Waals surface area (Å²) in [6.07, 6.45) is 1.64. The molecule has 3 heterocycles. The lowest BCUT2D eigenvalue weighted by Gasteiger charge is -2.26. The highest BCUT2D eigenvalue weighted by Gasteiger charge is 2.19. The summed E-state index contributed by atoms with van der Waals surface area (Å²) >= 11 is 6.02. The van der Waals surface area contributed by atoms with E-state index >= 15 is 0 Å². The van der Waals surface area contributed by atoms with Gasteiger partial charge < -0.3 is 14.2 Å². The normalized spacial score (nSPS) is 15.4. The van der Waals surface area contributed by atoms with Crippen LogP contribution in [0.15, 0.2) is 42.6 Å². The summed E-state index contributed by atoms with van der Waals surface area (Å²) in [6, 6.07) is 10.9. The van der Waals surface area contributed by atoms with Crippen molar-refractivity contribution in [3.63, 3.8) is 0 Å². The Kier molecular flexibility index (Phi) is 4.63. The van der Waals surface area contributed by atoms with Crippen LogP contribution in [0.4, 0.5) is 0 Å². The maximum atomic E-state index is 11.4. The Morgan fingerprint density at radius 2 is 1.88 bits per heavy atom. The lowest BCUT2D eigenvalue weighted by molar-refractivity contribution is 0.0336. The van der Waals surface area contributed by atoms with Crippen LogP contribution in [0.25, 0.3) is 16.9 Å². The third kappa shape index (κ3) is 3.31. The molecule has 0 amide bonds. The van der Waals surface area contributed by atoms with Gasteiger partial charge in [0.15, 0.2) is 0 Å². The van der Waals surface area contributed by atoms with E-state index in [4.69, 9.17) is 21.3 Å². The summed E-state index contributed by atoms with van der Waals surface area (Å²) in [5, 5.41) is 10.0. The van der Waals surface area contributed by atoms with Crippen molar-refractivity contribution in [3.05, 3.63) is 58.9 Å². The smallest absolute Gasteiger partial charge is 0.337 e. The molecule has 134 valence electrons. The van der Waals surface area contributed by atoms with Crippen LogP contribution in [0.3, 0.4) is 0 Å². The van der Waals surface area contributed by atoms with Gasteiger partial charge in [0.25, 0.3) is 0 Å². The van der Waals surface area contributed by atoms with Gasteiger partial charge in [-0.15, -0.1) is 0 Å². The van der Waals surface area contributed by atoms with Gasteiger partial charge in [-0.3, -0.25) is 4.90 Å². The number of rotatable bonds is 4. The number of morpholine rings is 1. The first-order valence-corrected chi connectivity index (χ1v) is 8.80. The number of hydrogen-bond acceptors (Lipinski definition) is 4. The molecule has 1 N–H and O–H groups in total. The van der Waals surface area contributed by atoms with Gasteiger partial charge in [-0.25, -0.2) is 9.78 Å². The van der Waals surface area contributed by atoms with E-state index in [1.807, 2.05) is 28.7 Å². The van der Waals surface area contributed by atoms with E-state index in [1.54, 1.807) is 18.3 Å². The maximum absolute atomic E-state index is 11.4. The topological polar surface area (TPSA) is 67.1 Å². The van der Waals surface area contributed by atoms with Gasteiger partial charge in [-0.05, 0) is 24.3 Å². The van der Waals surface area contributed by atoms with Crippen molar-refractivity contribution in [2.24, 2.45) is 0 Å². The van der Waals surface area contributed by atoms with Gasteiger partial charge in [-0.2, -0.15) is 0 Å². The fourth-order valence-electron chi connectivity index (χ4n) is 3.18. The summed E-state index contributed by atoms with van der Waals surface area (Å²) < 4.78 is 7.31. The number of halogens is 1. The van der Waals surface area contributed by atoms with Gasteiger partial charge in [0.05, 0.1) is 30.2 Å². The van der Waals surface area contributed by atoms with Crippen LogP contribution in [-0.2, 0) is 11.3 Å². The zero-order valence-electron chi connectivity index (χ0n) is 14.1. The number of carboxylic acid groups (broad SMARTS) is 1. The van der Waals surface area contributed by atoms with Crippen molar-refractivity contribution in [2.45, 2.75) is 6.54 Å². The average molecular weight is 372 g/mol. The van der Waals surface area contributed by atoms with Crippen LogP contribution in [0.5, 0.6) is 0 Å². The summed E-state index contributed by atoms with van der Waals surface area (Å²) in [6.45, 7) is 3.75. The first kappa shape index (κ1) is 17.0. The Bertz CT molecular complexity index is 947. The van der Waals surface area contributed by atoms with Crippen molar-refractivity contribution in [1.82, 2.24) is 14.3 Å². The Labute approximate surface area is 155 Å². The number of pyridine rings is 1. The second-order valence-electron chi connectivity index (χ2n) is 6.25. The lowest BCUT2D eigenvalue weighted by Crippen LogP contribution is -2.36. The van der Waals surface area contributed by atoms with E-state index < -0.39 is 5.97 Å². The largest absolute Gasteiger partial charge is 0.478 e. The first-order valence-electron chi connectivity index (χ1n) is 8.42. The van der Waals surface area contributed by atoms with Crippen molar-refractivity contribution in [1.29, 1.82) is 0 Å². The first-order chi connectivity index (χ1) is 12.6. The Morgan fingerprint density at radius 1 is 1.15 bits per heavy atom. The zero-order chi connectivity index (χ0) is 18.1. The summed E-state index contributed by atoms with van der Waals surface area (Å²) in [7, 11) is 0. The number of imidazole rings is 1. The summed E-state index contributed by atoms with van der Waals surface area (Å²) in [4.78, 5) is 18.4. The Balaban J connectivity index is 1.84. The number of aromatic carboxylic acids is 1. The number of carbonyl (C=O) groups is 1. The maximum Gasteiger partial charge on any atom is 0.337 e. The van der Waals surface area contributed by atoms with Crippen LogP contribution in [0.1, 0.15) is 16.1 Å². The van der Waals surface area contributed by atoms with Crippen LogP contribution in [0, 0.1) is 0 Å². The standard InChI is InChI=1S/C19H18ClN3O3/c20-15-4-1-13(2-5-15)18-16(12-22-7-9-26-10-8-22)23-11-14(19(24)25)3-6-17(23)21-18/h1-6,11H,7-10,12H2,(H,24,25). The molecule has 4 rings (SSSR count). The van der Waals surface area contributed by atoms with Gasteiger partial charge in [0.1, 0.15) is 5.65 Å². The van der Waals surface area contributed by atoms with Crippen LogP contribution in [0.2, 0.25) is 5.02 Å². The summed E-state index contributed by atoms with van der Waals surface area (Å²) in [5.41, 5.74) is 3.73. The third-order valence-corrected chi connectivity index (χ3v) is 4.81. The molecule has 6 nitrogen and oxygen atoms in total. The van der Waals surface area contributed by atoms with Crippen molar-refractivity contribution in [2.75, 3.05) is 26.3 Å². The number of aromatic nitrogens is 2. The van der Waals surface area contributed by atoms with E-state index in [0.717, 1.165) is 35.7 Å². The molecule has 1 saturated heterocycles. The number of carboxylic acids is 1. The Morgan fingerprint density at radius 3 is 2.58 bits per heavy atom. The van der Waals surface area contributed by atoms with Crippen LogP contribution in [-0.4, -0.2) is 51.7 Å². The monoisotopic (exact) mass is 371 g/mol. The number of fused-ring (bicyclic) bond motifs is 1. The highest BCUT2D eigenvalue weighted by Crippen LogP contribution is 2.27. The molecule has 0 atom stereocenters. The molecular formula is C19H18ClN3O3. The van der Waals surface area contributed by atoms with Crippen molar-refractivity contribution >= 4 is 23.2 Å². The Hall–Kier alpha value is -2.41. The molecule has 1 aliphatic heterocycles. The highest BCUT2D eigenvalue weighted by molar-refractivity contribution is 6.30. The minimum Gasteiger partial charge on any atom is -0.478 e. The third-order valence-electron chi connectivity index (χ3n) is 4.56. The molecule has 7 heteroatoms. The molecule has 0 radical (unpaired) electrons. The number of nitrogens with zero attached hydrogens (tertiary/aromatic N) is 3. The van der Waals surface area contributed by atoms with E-state index in [0.29, 0.717) is 24.8 Å². The number of benzene rings is 1. The highest BCUT2D eigenvalue weighted by atomic mass is 35.5. The second-order valence-corrected chi connectivity index (χ2v) is 6.69. The molecule has 0 bridgehead atoms. The molecular weight excluding hydrogens is 354 g/mol. The second kappa shape index (κ2) is 7.07. The molecule has 3 aromatic rings. The van der Waals surface area contributed by atoms with E-state index in [9.17, 15) is 9.90 Å². The molecule has 0 spiro atoms.